The lowest BCUT2D eigenvalue weighted by atomic mass is 10.1. The van der Waals surface area contributed by atoms with Crippen molar-refractivity contribution in [2.75, 3.05) is 39.2 Å². The number of hydrogen-bond acceptors (Lipinski definition) is 5. The van der Waals surface area contributed by atoms with E-state index in [4.69, 9.17) is 16.3 Å². The summed E-state index contributed by atoms with van der Waals surface area (Å²) in [6, 6.07) is 0.292. The molecule has 0 aliphatic carbocycles. The molecule has 0 amide bonds. The van der Waals surface area contributed by atoms with E-state index in [1.807, 2.05) is 19.0 Å². The Bertz CT molecular complexity index is 498. The molecule has 0 spiro atoms. The minimum atomic E-state index is -0.245. The number of likely N-dealkylation sites (N-methyl/N-ethyl adjacent to an activating group) is 1. The van der Waals surface area contributed by atoms with E-state index in [1.165, 1.54) is 4.68 Å². The van der Waals surface area contributed by atoms with Gasteiger partial charge in [0.2, 0.25) is 0 Å². The fraction of sp³-hybridized carbons (Fsp3) is 0.692. The van der Waals surface area contributed by atoms with Crippen molar-refractivity contribution >= 4 is 17.3 Å². The zero-order chi connectivity index (χ0) is 14.5. The van der Waals surface area contributed by atoms with Gasteiger partial charge in [0.1, 0.15) is 5.02 Å². The van der Waals surface area contributed by atoms with Crippen molar-refractivity contribution in [1.82, 2.24) is 14.7 Å². The van der Waals surface area contributed by atoms with E-state index < -0.39 is 0 Å². The van der Waals surface area contributed by atoms with Gasteiger partial charge < -0.3 is 15.0 Å². The number of nitrogens with zero attached hydrogens (tertiary/aromatic N) is 3. The standard InChI is InChI=1S/C13H21ClN4O2/c1-17(2)5-6-18-13(19)12(14)11(9-15-18)16-10-3-7-20-8-4-10/h9-10,16H,3-8H2,1-2H3. The van der Waals surface area contributed by atoms with Crippen LogP contribution < -0.4 is 10.9 Å². The van der Waals surface area contributed by atoms with Gasteiger partial charge in [-0.15, -0.1) is 0 Å². The van der Waals surface area contributed by atoms with Crippen LogP contribution in [0.5, 0.6) is 0 Å². The summed E-state index contributed by atoms with van der Waals surface area (Å²) in [7, 11) is 3.90. The van der Waals surface area contributed by atoms with Crippen molar-refractivity contribution in [1.29, 1.82) is 0 Å². The molecule has 1 aliphatic rings. The molecule has 1 fully saturated rings. The molecular weight excluding hydrogens is 280 g/mol. The summed E-state index contributed by atoms with van der Waals surface area (Å²) in [6.45, 7) is 2.75. The van der Waals surface area contributed by atoms with Crippen molar-refractivity contribution in [2.45, 2.75) is 25.4 Å². The van der Waals surface area contributed by atoms with E-state index in [9.17, 15) is 4.79 Å². The van der Waals surface area contributed by atoms with E-state index in [1.54, 1.807) is 6.20 Å². The van der Waals surface area contributed by atoms with Gasteiger partial charge in [0.15, 0.2) is 0 Å². The number of nitrogens with one attached hydrogen (secondary N) is 1. The highest BCUT2D eigenvalue weighted by Gasteiger charge is 2.16. The summed E-state index contributed by atoms with van der Waals surface area (Å²) in [5, 5.41) is 7.67. The Kier molecular flexibility index (Phi) is 5.39. The van der Waals surface area contributed by atoms with Gasteiger partial charge in [0.25, 0.3) is 5.56 Å². The molecule has 1 aromatic heterocycles. The average Bonchev–Trinajstić information content (AvgIpc) is 2.44. The Morgan fingerprint density at radius 1 is 1.50 bits per heavy atom. The van der Waals surface area contributed by atoms with Crippen LogP contribution in [-0.4, -0.2) is 54.6 Å². The lowest BCUT2D eigenvalue weighted by Crippen LogP contribution is -2.32. The Morgan fingerprint density at radius 2 is 2.20 bits per heavy atom. The molecule has 0 radical (unpaired) electrons. The molecule has 1 aromatic rings. The van der Waals surface area contributed by atoms with Crippen LogP contribution in [0, 0.1) is 0 Å². The summed E-state index contributed by atoms with van der Waals surface area (Å²) in [5.41, 5.74) is 0.371. The van der Waals surface area contributed by atoms with Gasteiger partial charge in [-0.1, -0.05) is 11.6 Å². The van der Waals surface area contributed by atoms with Gasteiger partial charge in [-0.2, -0.15) is 5.10 Å². The van der Waals surface area contributed by atoms with Crippen molar-refractivity contribution in [3.63, 3.8) is 0 Å². The molecule has 20 heavy (non-hydrogen) atoms. The molecule has 0 atom stereocenters. The van der Waals surface area contributed by atoms with Gasteiger partial charge >= 0.3 is 0 Å². The predicted octanol–water partition coefficient (Wildman–Crippen LogP) is 1.05. The van der Waals surface area contributed by atoms with E-state index in [0.717, 1.165) is 32.6 Å². The van der Waals surface area contributed by atoms with E-state index in [2.05, 4.69) is 10.4 Å². The van der Waals surface area contributed by atoms with Gasteiger partial charge in [-0.05, 0) is 26.9 Å². The predicted molar refractivity (Wildman–Crippen MR) is 79.5 cm³/mol. The number of hydrogen-bond donors (Lipinski definition) is 1. The zero-order valence-electron chi connectivity index (χ0n) is 11.9. The molecule has 112 valence electrons. The minimum absolute atomic E-state index is 0.213. The lowest BCUT2D eigenvalue weighted by Gasteiger charge is -2.24. The van der Waals surface area contributed by atoms with Crippen molar-refractivity contribution in [3.05, 3.63) is 21.6 Å². The minimum Gasteiger partial charge on any atom is -0.381 e. The summed E-state index contributed by atoms with van der Waals surface area (Å²) in [5.74, 6) is 0. The van der Waals surface area contributed by atoms with Gasteiger partial charge in [-0.25, -0.2) is 4.68 Å². The quantitative estimate of drug-likeness (QED) is 0.881. The molecule has 2 rings (SSSR count). The van der Waals surface area contributed by atoms with Gasteiger partial charge in [-0.3, -0.25) is 4.79 Å². The first kappa shape index (κ1) is 15.3. The molecule has 0 unspecified atom stereocenters. The molecule has 7 heteroatoms. The zero-order valence-corrected chi connectivity index (χ0v) is 12.7. The summed E-state index contributed by atoms with van der Waals surface area (Å²) in [4.78, 5) is 14.1. The first-order chi connectivity index (χ1) is 9.58. The number of halogens is 1. The summed E-state index contributed by atoms with van der Waals surface area (Å²) < 4.78 is 6.71. The smallest absolute Gasteiger partial charge is 0.287 e. The molecular formula is C13H21ClN4O2. The van der Waals surface area contributed by atoms with Crippen LogP contribution >= 0.6 is 11.6 Å². The van der Waals surface area contributed by atoms with Crippen LogP contribution in [0.2, 0.25) is 5.02 Å². The SMILES string of the molecule is CN(C)CCn1ncc(NC2CCOCC2)c(Cl)c1=O. The summed E-state index contributed by atoms with van der Waals surface area (Å²) >= 11 is 6.15. The molecule has 1 aliphatic heterocycles. The largest absolute Gasteiger partial charge is 0.381 e. The molecule has 0 bridgehead atoms. The number of aromatic nitrogens is 2. The van der Waals surface area contributed by atoms with E-state index in [0.29, 0.717) is 18.3 Å². The molecule has 0 saturated carbocycles. The Hall–Kier alpha value is -1.11. The highest BCUT2D eigenvalue weighted by molar-refractivity contribution is 6.32. The highest BCUT2D eigenvalue weighted by Crippen LogP contribution is 2.19. The van der Waals surface area contributed by atoms with Crippen LogP contribution in [-0.2, 0) is 11.3 Å². The Labute approximate surface area is 123 Å². The third-order valence-corrected chi connectivity index (χ3v) is 3.69. The highest BCUT2D eigenvalue weighted by atomic mass is 35.5. The first-order valence-electron chi connectivity index (χ1n) is 6.82. The molecule has 1 N–H and O–H groups in total. The maximum absolute atomic E-state index is 12.1. The molecule has 2 heterocycles. The normalized spacial score (nSPS) is 16.6. The number of anilines is 1. The second-order valence-electron chi connectivity index (χ2n) is 5.23. The van der Waals surface area contributed by atoms with Crippen molar-refractivity contribution in [3.8, 4) is 0 Å². The lowest BCUT2D eigenvalue weighted by molar-refractivity contribution is 0.0904. The molecule has 0 aromatic carbocycles. The van der Waals surface area contributed by atoms with E-state index >= 15 is 0 Å². The van der Waals surface area contributed by atoms with Crippen molar-refractivity contribution in [2.24, 2.45) is 0 Å². The monoisotopic (exact) mass is 300 g/mol. The van der Waals surface area contributed by atoms with Crippen LogP contribution in [0.25, 0.3) is 0 Å². The molecule has 1 saturated heterocycles. The number of rotatable bonds is 5. The Balaban J connectivity index is 2.07. The first-order valence-corrected chi connectivity index (χ1v) is 7.20. The average molecular weight is 301 g/mol. The summed E-state index contributed by atoms with van der Waals surface area (Å²) in [6.07, 6.45) is 3.47. The second kappa shape index (κ2) is 7.06. The maximum atomic E-state index is 12.1. The third-order valence-electron chi connectivity index (χ3n) is 3.32. The fourth-order valence-corrected chi connectivity index (χ4v) is 2.28. The Morgan fingerprint density at radius 3 is 2.85 bits per heavy atom. The maximum Gasteiger partial charge on any atom is 0.287 e. The fourth-order valence-electron chi connectivity index (χ4n) is 2.08. The molecule has 6 nitrogen and oxygen atoms in total. The third kappa shape index (κ3) is 3.94. The van der Waals surface area contributed by atoms with Crippen LogP contribution in [0.1, 0.15) is 12.8 Å². The number of ether oxygens (including phenoxy) is 1. The second-order valence-corrected chi connectivity index (χ2v) is 5.61. The van der Waals surface area contributed by atoms with Crippen LogP contribution in [0.3, 0.4) is 0 Å². The van der Waals surface area contributed by atoms with Crippen LogP contribution in [0.4, 0.5) is 5.69 Å². The van der Waals surface area contributed by atoms with Gasteiger partial charge in [0, 0.05) is 25.8 Å². The van der Waals surface area contributed by atoms with Crippen molar-refractivity contribution < 1.29 is 4.74 Å². The van der Waals surface area contributed by atoms with Crippen LogP contribution in [0.15, 0.2) is 11.0 Å². The van der Waals surface area contributed by atoms with E-state index in [-0.39, 0.29) is 10.6 Å². The topological polar surface area (TPSA) is 59.4 Å². The van der Waals surface area contributed by atoms with Gasteiger partial charge in [0.05, 0.1) is 18.4 Å².